The minimum atomic E-state index is -0.557. The summed E-state index contributed by atoms with van der Waals surface area (Å²) in [5, 5.41) is 10.4. The Morgan fingerprint density at radius 3 is 2.91 bits per heavy atom. The first-order chi connectivity index (χ1) is 10.7. The molecule has 2 heterocycles. The van der Waals surface area contributed by atoms with Gasteiger partial charge < -0.3 is 14.4 Å². The largest absolute Gasteiger partial charge is 0.448 e. The predicted molar refractivity (Wildman–Crippen MR) is 81.3 cm³/mol. The molecule has 22 heavy (non-hydrogen) atoms. The number of aliphatic hydroxyl groups excluding tert-OH is 1. The summed E-state index contributed by atoms with van der Waals surface area (Å²) in [7, 11) is 0. The number of benzene rings is 1. The first kappa shape index (κ1) is 14.8. The van der Waals surface area contributed by atoms with E-state index >= 15 is 0 Å². The highest BCUT2D eigenvalue weighted by molar-refractivity contribution is 5.93. The van der Waals surface area contributed by atoms with Gasteiger partial charge in [0.2, 0.25) is 0 Å². The Morgan fingerprint density at radius 2 is 2.23 bits per heavy atom. The quantitative estimate of drug-likeness (QED) is 0.942. The molecule has 3 rings (SSSR count). The molecule has 1 aromatic carbocycles. The Kier molecular flexibility index (Phi) is 4.24. The third-order valence-corrected chi connectivity index (χ3v) is 4.27. The second kappa shape index (κ2) is 6.32. The molecule has 116 valence electrons. The molecular formula is C17H20N2O3. The van der Waals surface area contributed by atoms with E-state index in [4.69, 9.17) is 4.42 Å². The average molecular weight is 300 g/mol. The summed E-state index contributed by atoms with van der Waals surface area (Å²) in [6.45, 7) is 2.45. The summed E-state index contributed by atoms with van der Waals surface area (Å²) in [5.74, 6) is 0.438. The van der Waals surface area contributed by atoms with E-state index < -0.39 is 6.10 Å². The molecule has 1 aromatic heterocycles. The second-order valence-electron chi connectivity index (χ2n) is 5.71. The molecule has 2 atom stereocenters. The number of oxazole rings is 1. The number of aromatic nitrogens is 1. The molecule has 1 aliphatic rings. The van der Waals surface area contributed by atoms with E-state index in [0.717, 1.165) is 18.4 Å². The van der Waals surface area contributed by atoms with Crippen LogP contribution in [0.25, 0.3) is 0 Å². The van der Waals surface area contributed by atoms with Crippen LogP contribution in [0.15, 0.2) is 41.1 Å². The van der Waals surface area contributed by atoms with Gasteiger partial charge in [0.15, 0.2) is 12.1 Å². The van der Waals surface area contributed by atoms with E-state index in [0.29, 0.717) is 24.4 Å². The summed E-state index contributed by atoms with van der Waals surface area (Å²) in [5.41, 5.74) is 1.26. The molecule has 1 fully saturated rings. The molecule has 0 bridgehead atoms. The number of hydrogen-bond donors (Lipinski definition) is 1. The van der Waals surface area contributed by atoms with Crippen LogP contribution in [-0.4, -0.2) is 33.5 Å². The maximum Gasteiger partial charge on any atom is 0.276 e. The van der Waals surface area contributed by atoms with Gasteiger partial charge in [0.05, 0.1) is 6.10 Å². The minimum Gasteiger partial charge on any atom is -0.448 e. The Morgan fingerprint density at radius 1 is 1.45 bits per heavy atom. The van der Waals surface area contributed by atoms with Crippen LogP contribution in [0.3, 0.4) is 0 Å². The van der Waals surface area contributed by atoms with Crippen molar-refractivity contribution in [3.05, 3.63) is 53.7 Å². The lowest BCUT2D eigenvalue weighted by Crippen LogP contribution is -2.37. The third kappa shape index (κ3) is 2.90. The standard InChI is InChI=1S/C17H20N2O3/c1-12-16(18-11-22-12)17(21)19-9-5-8-14(19)10-15(20)13-6-3-2-4-7-13/h2-4,6-7,11,14-15,20H,5,8-10H2,1H3. The summed E-state index contributed by atoms with van der Waals surface area (Å²) in [4.78, 5) is 18.4. The van der Waals surface area contributed by atoms with Crippen molar-refractivity contribution in [1.82, 2.24) is 9.88 Å². The van der Waals surface area contributed by atoms with Crippen molar-refractivity contribution in [3.8, 4) is 0 Å². The maximum atomic E-state index is 12.6. The monoisotopic (exact) mass is 300 g/mol. The van der Waals surface area contributed by atoms with Crippen LogP contribution in [0, 0.1) is 6.92 Å². The molecule has 1 saturated heterocycles. The Labute approximate surface area is 129 Å². The van der Waals surface area contributed by atoms with Crippen LogP contribution in [0.4, 0.5) is 0 Å². The van der Waals surface area contributed by atoms with Crippen molar-refractivity contribution in [2.75, 3.05) is 6.54 Å². The summed E-state index contributed by atoms with van der Waals surface area (Å²) >= 11 is 0. The number of rotatable bonds is 4. The van der Waals surface area contributed by atoms with Crippen molar-refractivity contribution < 1.29 is 14.3 Å². The molecule has 5 nitrogen and oxygen atoms in total. The van der Waals surface area contributed by atoms with Gasteiger partial charge in [-0.1, -0.05) is 30.3 Å². The van der Waals surface area contributed by atoms with Gasteiger partial charge in [-0.25, -0.2) is 4.98 Å². The van der Waals surface area contributed by atoms with Crippen molar-refractivity contribution >= 4 is 5.91 Å². The molecule has 2 aromatic rings. The lowest BCUT2D eigenvalue weighted by Gasteiger charge is -2.26. The number of amides is 1. The third-order valence-electron chi connectivity index (χ3n) is 4.27. The Balaban J connectivity index is 1.71. The first-order valence-electron chi connectivity index (χ1n) is 7.61. The summed E-state index contributed by atoms with van der Waals surface area (Å²) < 4.78 is 5.12. The number of likely N-dealkylation sites (tertiary alicyclic amines) is 1. The van der Waals surface area contributed by atoms with Crippen LogP contribution in [0.2, 0.25) is 0 Å². The van der Waals surface area contributed by atoms with Gasteiger partial charge >= 0.3 is 0 Å². The fourth-order valence-corrected chi connectivity index (χ4v) is 3.06. The number of hydrogen-bond acceptors (Lipinski definition) is 4. The van der Waals surface area contributed by atoms with Crippen molar-refractivity contribution in [2.24, 2.45) is 0 Å². The highest BCUT2D eigenvalue weighted by Crippen LogP contribution is 2.28. The van der Waals surface area contributed by atoms with Gasteiger partial charge in [-0.2, -0.15) is 0 Å². The Hall–Kier alpha value is -2.14. The molecule has 1 amide bonds. The minimum absolute atomic E-state index is 0.0406. The molecule has 1 N–H and O–H groups in total. The first-order valence-corrected chi connectivity index (χ1v) is 7.61. The molecule has 0 spiro atoms. The summed E-state index contributed by atoms with van der Waals surface area (Å²) in [6.07, 6.45) is 3.15. The predicted octanol–water partition coefficient (Wildman–Crippen LogP) is 2.71. The zero-order valence-electron chi connectivity index (χ0n) is 12.6. The fourth-order valence-electron chi connectivity index (χ4n) is 3.06. The molecule has 2 unspecified atom stereocenters. The van der Waals surface area contributed by atoms with Crippen LogP contribution < -0.4 is 0 Å². The fraction of sp³-hybridized carbons (Fsp3) is 0.412. The highest BCUT2D eigenvalue weighted by atomic mass is 16.3. The lowest BCUT2D eigenvalue weighted by molar-refractivity contribution is 0.0660. The number of aliphatic hydroxyl groups is 1. The van der Waals surface area contributed by atoms with Gasteiger partial charge in [-0.15, -0.1) is 0 Å². The second-order valence-corrected chi connectivity index (χ2v) is 5.71. The van der Waals surface area contributed by atoms with Gasteiger partial charge in [-0.05, 0) is 31.7 Å². The Bertz CT molecular complexity index is 638. The normalized spacial score (nSPS) is 19.4. The van der Waals surface area contributed by atoms with Gasteiger partial charge in [0, 0.05) is 12.6 Å². The maximum absolute atomic E-state index is 12.6. The lowest BCUT2D eigenvalue weighted by atomic mass is 10.0. The van der Waals surface area contributed by atoms with E-state index in [1.165, 1.54) is 6.39 Å². The molecule has 0 radical (unpaired) electrons. The van der Waals surface area contributed by atoms with Crippen LogP contribution >= 0.6 is 0 Å². The molecule has 1 aliphatic heterocycles. The topological polar surface area (TPSA) is 66.6 Å². The van der Waals surface area contributed by atoms with Crippen LogP contribution in [-0.2, 0) is 0 Å². The molecular weight excluding hydrogens is 280 g/mol. The zero-order valence-corrected chi connectivity index (χ0v) is 12.6. The van der Waals surface area contributed by atoms with Gasteiger partial charge in [0.25, 0.3) is 5.91 Å². The average Bonchev–Trinajstić information content (AvgIpc) is 3.16. The number of carbonyl (C=O) groups is 1. The molecule has 5 heteroatoms. The number of carbonyl (C=O) groups excluding carboxylic acids is 1. The zero-order chi connectivity index (χ0) is 15.5. The van der Waals surface area contributed by atoms with Crippen molar-refractivity contribution in [2.45, 2.75) is 38.3 Å². The van der Waals surface area contributed by atoms with E-state index in [1.807, 2.05) is 35.2 Å². The molecule has 0 saturated carbocycles. The van der Waals surface area contributed by atoms with E-state index in [2.05, 4.69) is 4.98 Å². The van der Waals surface area contributed by atoms with Crippen molar-refractivity contribution in [1.29, 1.82) is 0 Å². The number of aryl methyl sites for hydroxylation is 1. The van der Waals surface area contributed by atoms with Crippen LogP contribution in [0.5, 0.6) is 0 Å². The van der Waals surface area contributed by atoms with Crippen molar-refractivity contribution in [3.63, 3.8) is 0 Å². The molecule has 0 aliphatic carbocycles. The van der Waals surface area contributed by atoms with E-state index in [9.17, 15) is 9.90 Å². The SMILES string of the molecule is Cc1ocnc1C(=O)N1CCCC1CC(O)c1ccccc1. The van der Waals surface area contributed by atoms with Crippen LogP contribution in [0.1, 0.15) is 47.2 Å². The summed E-state index contributed by atoms with van der Waals surface area (Å²) in [6, 6.07) is 9.61. The van der Waals surface area contributed by atoms with E-state index in [-0.39, 0.29) is 11.9 Å². The number of nitrogens with zero attached hydrogens (tertiary/aromatic N) is 2. The van der Waals surface area contributed by atoms with Gasteiger partial charge in [0.1, 0.15) is 5.76 Å². The smallest absolute Gasteiger partial charge is 0.276 e. The van der Waals surface area contributed by atoms with E-state index in [1.54, 1.807) is 6.92 Å². The van der Waals surface area contributed by atoms with Gasteiger partial charge in [-0.3, -0.25) is 4.79 Å². The highest BCUT2D eigenvalue weighted by Gasteiger charge is 2.33.